The molecule has 0 aromatic carbocycles. The van der Waals surface area contributed by atoms with Crippen LogP contribution in [0.25, 0.3) is 0 Å². The van der Waals surface area contributed by atoms with E-state index in [1.807, 2.05) is 0 Å². The summed E-state index contributed by atoms with van der Waals surface area (Å²) in [6.45, 7) is -3.23. The molecule has 0 saturated heterocycles. The Bertz CT molecular complexity index is 818. The summed E-state index contributed by atoms with van der Waals surface area (Å²) in [5.74, 6) is -77.4. The molecule has 25 heteroatoms. The predicted molar refractivity (Wildman–Crippen MR) is 76.3 cm³/mol. The van der Waals surface area contributed by atoms with Gasteiger partial charge >= 0.3 is 69.0 Å². The molecule has 229 valence electrons. The van der Waals surface area contributed by atoms with Gasteiger partial charge in [-0.3, -0.25) is 0 Å². The molecule has 0 saturated carbocycles. The number of alkyl halides is 21. The van der Waals surface area contributed by atoms with E-state index in [1.165, 1.54) is 0 Å². The highest BCUT2D eigenvalue weighted by Gasteiger charge is 2.97. The smallest absolute Gasteiger partial charge is 0.375 e. The number of halogens is 21. The highest BCUT2D eigenvalue weighted by atomic mass is 28.3. The largest absolute Gasteiger partial charge is 0.577 e. The van der Waals surface area contributed by atoms with Crippen LogP contribution in [0.1, 0.15) is 0 Å². The minimum Gasteiger partial charge on any atom is -0.375 e. The van der Waals surface area contributed by atoms with Crippen LogP contribution in [-0.4, -0.2) is 89.8 Å². The quantitative estimate of drug-likeness (QED) is 0.169. The van der Waals surface area contributed by atoms with Crippen LogP contribution in [0.3, 0.4) is 0 Å². The molecule has 3 nitrogen and oxygen atoms in total. The zero-order valence-electron chi connectivity index (χ0n) is 17.4. The van der Waals surface area contributed by atoms with Crippen LogP contribution in [0.5, 0.6) is 0 Å². The third-order valence-electron chi connectivity index (χ3n) is 4.28. The summed E-state index contributed by atoms with van der Waals surface area (Å²) < 4.78 is 289. The molecule has 0 bridgehead atoms. The Labute approximate surface area is 196 Å². The van der Waals surface area contributed by atoms with Crippen molar-refractivity contribution in [1.82, 2.24) is 0 Å². The van der Waals surface area contributed by atoms with E-state index in [4.69, 9.17) is 0 Å². The Kier molecular flexibility index (Phi) is 9.56. The second-order valence-electron chi connectivity index (χ2n) is 6.74. The molecule has 0 heterocycles. The van der Waals surface area contributed by atoms with E-state index in [9.17, 15) is 92.2 Å². The fraction of sp³-hybridized carbons (Fsp3) is 1.00. The standard InChI is InChI=1S/C13H8F21O3Si/c1-35-38(36-2)37-3-4(14,15)5(16,17)6(18,19)7(20,21)8(22,23)9(24,25)10(26,27)11(28,29)12(30,31)13(32,33)34/h3H2,1-2H3. The summed E-state index contributed by atoms with van der Waals surface area (Å²) in [7, 11) is -2.52. The van der Waals surface area contributed by atoms with Crippen LogP contribution in [0.2, 0.25) is 0 Å². The Morgan fingerprint density at radius 3 is 0.868 bits per heavy atom. The molecule has 0 rings (SSSR count). The summed E-state index contributed by atoms with van der Waals surface area (Å²) in [6.07, 6.45) is -8.02. The Hall–Kier alpha value is -1.37. The fourth-order valence-electron chi connectivity index (χ4n) is 2.03. The van der Waals surface area contributed by atoms with Gasteiger partial charge in [-0.15, -0.1) is 0 Å². The first-order chi connectivity index (χ1) is 16.2. The lowest BCUT2D eigenvalue weighted by atomic mass is 9.86. The van der Waals surface area contributed by atoms with Crippen molar-refractivity contribution < 1.29 is 105 Å². The maximum Gasteiger partial charge on any atom is 0.577 e. The van der Waals surface area contributed by atoms with Crippen molar-refractivity contribution >= 4 is 9.53 Å². The van der Waals surface area contributed by atoms with Crippen LogP contribution in [0.15, 0.2) is 0 Å². The van der Waals surface area contributed by atoms with Crippen molar-refractivity contribution in [3.8, 4) is 0 Å². The van der Waals surface area contributed by atoms with Gasteiger partial charge in [-0.05, 0) is 0 Å². The maximum absolute atomic E-state index is 13.6. The molecule has 0 amide bonds. The average molecular weight is 639 g/mol. The Morgan fingerprint density at radius 1 is 0.395 bits per heavy atom. The highest BCUT2D eigenvalue weighted by molar-refractivity contribution is 6.36. The van der Waals surface area contributed by atoms with Gasteiger partial charge in [0, 0.05) is 14.2 Å². The number of hydrogen-bond donors (Lipinski definition) is 0. The molecule has 0 aromatic rings. The van der Waals surface area contributed by atoms with Crippen molar-refractivity contribution in [3.63, 3.8) is 0 Å². The van der Waals surface area contributed by atoms with E-state index in [-0.39, 0.29) is 0 Å². The molecule has 0 N–H and O–H groups in total. The van der Waals surface area contributed by atoms with Crippen LogP contribution < -0.4 is 0 Å². The highest BCUT2D eigenvalue weighted by Crippen LogP contribution is 2.66. The summed E-state index contributed by atoms with van der Waals surface area (Å²) >= 11 is 0. The summed E-state index contributed by atoms with van der Waals surface area (Å²) in [4.78, 5) is 0. The van der Waals surface area contributed by atoms with Gasteiger partial charge in [-0.25, -0.2) is 0 Å². The topological polar surface area (TPSA) is 27.7 Å². The van der Waals surface area contributed by atoms with E-state index in [1.54, 1.807) is 0 Å². The molecular formula is C13H8F21O3Si. The van der Waals surface area contributed by atoms with Crippen LogP contribution in [0, 0.1) is 0 Å². The number of hydrogen-bond acceptors (Lipinski definition) is 3. The first kappa shape index (κ1) is 36.6. The second-order valence-corrected chi connectivity index (χ2v) is 8.35. The van der Waals surface area contributed by atoms with E-state index in [2.05, 4.69) is 13.3 Å². The predicted octanol–water partition coefficient (Wildman–Crippen LogP) is 6.56. The third-order valence-corrected chi connectivity index (χ3v) is 5.33. The molecule has 0 aliphatic carbocycles. The van der Waals surface area contributed by atoms with Crippen LogP contribution >= 0.6 is 0 Å². The molecular weight excluding hydrogens is 631 g/mol. The second kappa shape index (κ2) is 9.92. The SMILES string of the molecule is CO[Si](OC)OCC(F)(F)C(F)(F)C(F)(F)C(F)(F)C(F)(F)C(F)(F)C(F)(F)C(F)(F)C(F)(F)C(F)(F)F. The van der Waals surface area contributed by atoms with Crippen molar-refractivity contribution in [2.75, 3.05) is 20.8 Å². The van der Waals surface area contributed by atoms with Crippen LogP contribution in [-0.2, 0) is 13.3 Å². The zero-order valence-corrected chi connectivity index (χ0v) is 18.4. The molecule has 0 aliphatic rings. The normalized spacial score (nSPS) is 16.4. The van der Waals surface area contributed by atoms with E-state index >= 15 is 0 Å². The van der Waals surface area contributed by atoms with Crippen molar-refractivity contribution in [3.05, 3.63) is 0 Å². The first-order valence-electron chi connectivity index (χ1n) is 8.29. The summed E-state index contributed by atoms with van der Waals surface area (Å²) in [5.41, 5.74) is 0. The minimum absolute atomic E-state index is 0.526. The lowest BCUT2D eigenvalue weighted by Gasteiger charge is -2.44. The fourth-order valence-corrected chi connectivity index (χ4v) is 2.73. The van der Waals surface area contributed by atoms with Gasteiger partial charge in [-0.1, -0.05) is 0 Å². The summed E-state index contributed by atoms with van der Waals surface area (Å²) in [5, 5.41) is 0. The van der Waals surface area contributed by atoms with Gasteiger partial charge < -0.3 is 13.3 Å². The van der Waals surface area contributed by atoms with Gasteiger partial charge in [0.1, 0.15) is 6.61 Å². The molecule has 0 fully saturated rings. The monoisotopic (exact) mass is 639 g/mol. The molecule has 0 aromatic heterocycles. The van der Waals surface area contributed by atoms with Crippen molar-refractivity contribution in [2.24, 2.45) is 0 Å². The molecule has 38 heavy (non-hydrogen) atoms. The van der Waals surface area contributed by atoms with E-state index < -0.39 is 75.6 Å². The molecule has 0 unspecified atom stereocenters. The Balaban J connectivity index is 6.87. The average Bonchev–Trinajstić information content (AvgIpc) is 2.72. The van der Waals surface area contributed by atoms with E-state index in [0.29, 0.717) is 14.2 Å². The maximum atomic E-state index is 13.6. The zero-order chi connectivity index (χ0) is 31.4. The molecule has 0 spiro atoms. The van der Waals surface area contributed by atoms with Crippen LogP contribution in [0.4, 0.5) is 92.2 Å². The van der Waals surface area contributed by atoms with Crippen molar-refractivity contribution in [1.29, 1.82) is 0 Å². The Morgan fingerprint density at radius 2 is 0.632 bits per heavy atom. The first-order valence-corrected chi connectivity index (χ1v) is 9.51. The van der Waals surface area contributed by atoms with Gasteiger partial charge in [0.2, 0.25) is 0 Å². The summed E-state index contributed by atoms with van der Waals surface area (Å²) in [6, 6.07) is 0. The molecule has 0 atom stereocenters. The van der Waals surface area contributed by atoms with Gasteiger partial charge in [-0.2, -0.15) is 92.2 Å². The molecule has 0 aliphatic heterocycles. The minimum atomic E-state index is -9.20. The van der Waals surface area contributed by atoms with E-state index in [0.717, 1.165) is 0 Å². The van der Waals surface area contributed by atoms with Gasteiger partial charge in [0.05, 0.1) is 0 Å². The lowest BCUT2D eigenvalue weighted by molar-refractivity contribution is -0.474. The van der Waals surface area contributed by atoms with Crippen molar-refractivity contribution in [2.45, 2.75) is 59.5 Å². The number of rotatable bonds is 13. The molecule has 1 radical (unpaired) electrons. The van der Waals surface area contributed by atoms with Gasteiger partial charge in [0.15, 0.2) is 0 Å². The lowest BCUT2D eigenvalue weighted by Crippen LogP contribution is -2.77. The van der Waals surface area contributed by atoms with Gasteiger partial charge in [0.25, 0.3) is 0 Å². The third kappa shape index (κ3) is 4.87.